The second kappa shape index (κ2) is 7.58. The summed E-state index contributed by atoms with van der Waals surface area (Å²) in [5.74, 6) is 1.10. The molecule has 0 aliphatic carbocycles. The monoisotopic (exact) mass is 416 g/mol. The molecule has 0 bridgehead atoms. The van der Waals surface area contributed by atoms with Crippen LogP contribution in [0.3, 0.4) is 0 Å². The number of rotatable bonds is 4. The van der Waals surface area contributed by atoms with Crippen molar-refractivity contribution in [1.29, 1.82) is 0 Å². The number of fused-ring (bicyclic) bond motifs is 1. The number of piperazine rings is 1. The van der Waals surface area contributed by atoms with Crippen molar-refractivity contribution >= 4 is 40.8 Å². The third kappa shape index (κ3) is 3.38. The van der Waals surface area contributed by atoms with E-state index < -0.39 is 5.54 Å². The highest BCUT2D eigenvalue weighted by Crippen LogP contribution is 2.43. The maximum Gasteiger partial charge on any atom is 0.259 e. The van der Waals surface area contributed by atoms with E-state index in [1.165, 1.54) is 0 Å². The Balaban J connectivity index is 1.61. The third-order valence-corrected chi connectivity index (χ3v) is 6.74. The van der Waals surface area contributed by atoms with Crippen LogP contribution in [0.15, 0.2) is 36.7 Å². The molecule has 0 spiro atoms. The normalized spacial score (nSPS) is 19.2. The molecule has 3 heterocycles. The van der Waals surface area contributed by atoms with Crippen LogP contribution < -0.4 is 9.80 Å². The van der Waals surface area contributed by atoms with Gasteiger partial charge in [0.1, 0.15) is 0 Å². The molecule has 7 heteroatoms. The average molecular weight is 417 g/mol. The summed E-state index contributed by atoms with van der Waals surface area (Å²) < 4.78 is 2.42. The van der Waals surface area contributed by atoms with Gasteiger partial charge in [0.15, 0.2) is 0 Å². The fraction of sp³-hybridized carbons (Fsp3) is 0.429. The maximum absolute atomic E-state index is 13.2. The number of halogens is 1. The Hall–Kier alpha value is -1.76. The SMILES string of the molecule is CCSN1CCN(c2cncc(N3C(=O)c4ccc(Cl)cc4C3(C)C)c2)CC1. The van der Waals surface area contributed by atoms with E-state index in [1.54, 1.807) is 12.3 Å². The molecule has 2 aromatic rings. The Morgan fingerprint density at radius 3 is 2.54 bits per heavy atom. The van der Waals surface area contributed by atoms with Crippen molar-refractivity contribution in [2.24, 2.45) is 0 Å². The summed E-state index contributed by atoms with van der Waals surface area (Å²) in [4.78, 5) is 21.8. The summed E-state index contributed by atoms with van der Waals surface area (Å²) in [5, 5.41) is 0.649. The maximum atomic E-state index is 13.2. The lowest BCUT2D eigenvalue weighted by Crippen LogP contribution is -2.44. The van der Waals surface area contributed by atoms with Gasteiger partial charge in [-0.05, 0) is 43.7 Å². The lowest BCUT2D eigenvalue weighted by atomic mass is 9.93. The number of hydrogen-bond acceptors (Lipinski definition) is 5. The van der Waals surface area contributed by atoms with Gasteiger partial charge >= 0.3 is 0 Å². The summed E-state index contributed by atoms with van der Waals surface area (Å²) in [6.07, 6.45) is 3.67. The van der Waals surface area contributed by atoms with Gasteiger partial charge < -0.3 is 4.90 Å². The van der Waals surface area contributed by atoms with E-state index in [9.17, 15) is 4.79 Å². The van der Waals surface area contributed by atoms with Gasteiger partial charge in [0, 0.05) is 42.5 Å². The van der Waals surface area contributed by atoms with Crippen LogP contribution in [-0.2, 0) is 5.54 Å². The first kappa shape index (κ1) is 19.6. The van der Waals surface area contributed by atoms with Crippen LogP contribution in [0.2, 0.25) is 5.02 Å². The molecule has 0 saturated carbocycles. The molecule has 1 amide bonds. The molecule has 2 aliphatic rings. The van der Waals surface area contributed by atoms with Gasteiger partial charge in [-0.3, -0.25) is 14.7 Å². The number of pyridine rings is 1. The summed E-state index contributed by atoms with van der Waals surface area (Å²) >= 11 is 8.09. The number of nitrogens with zero attached hydrogens (tertiary/aromatic N) is 4. The molecule has 0 unspecified atom stereocenters. The van der Waals surface area contributed by atoms with Gasteiger partial charge in [-0.25, -0.2) is 4.31 Å². The molecule has 1 aromatic carbocycles. The smallest absolute Gasteiger partial charge is 0.259 e. The Bertz CT molecular complexity index is 896. The van der Waals surface area contributed by atoms with Crippen LogP contribution in [0.4, 0.5) is 11.4 Å². The first-order valence-electron chi connectivity index (χ1n) is 9.64. The largest absolute Gasteiger partial charge is 0.368 e. The number of carbonyl (C=O) groups is 1. The van der Waals surface area contributed by atoms with Crippen LogP contribution in [0.25, 0.3) is 0 Å². The molecule has 2 aliphatic heterocycles. The van der Waals surface area contributed by atoms with Crippen molar-refractivity contribution < 1.29 is 4.79 Å². The zero-order valence-corrected chi connectivity index (χ0v) is 18.1. The first-order chi connectivity index (χ1) is 13.4. The topological polar surface area (TPSA) is 39.7 Å². The molecule has 5 nitrogen and oxygen atoms in total. The Morgan fingerprint density at radius 1 is 1.11 bits per heavy atom. The van der Waals surface area contributed by atoms with Crippen molar-refractivity contribution in [3.05, 3.63) is 52.8 Å². The Kier molecular flexibility index (Phi) is 5.29. The van der Waals surface area contributed by atoms with Gasteiger partial charge in [0.05, 0.1) is 29.3 Å². The molecule has 0 N–H and O–H groups in total. The lowest BCUT2D eigenvalue weighted by Gasteiger charge is -2.36. The summed E-state index contributed by atoms with van der Waals surface area (Å²) in [6, 6.07) is 7.59. The molecule has 28 heavy (non-hydrogen) atoms. The van der Waals surface area contributed by atoms with E-state index in [-0.39, 0.29) is 5.91 Å². The number of benzene rings is 1. The fourth-order valence-corrected chi connectivity index (χ4v) is 5.07. The minimum absolute atomic E-state index is 0.000202. The lowest BCUT2D eigenvalue weighted by molar-refractivity contribution is 0.0982. The summed E-state index contributed by atoms with van der Waals surface area (Å²) in [5.41, 5.74) is 3.08. The van der Waals surface area contributed by atoms with E-state index in [1.807, 2.05) is 35.2 Å². The fourth-order valence-electron chi connectivity index (χ4n) is 4.11. The van der Waals surface area contributed by atoms with Crippen LogP contribution in [0.5, 0.6) is 0 Å². The first-order valence-corrected chi connectivity index (χ1v) is 11.0. The van der Waals surface area contributed by atoms with Gasteiger partial charge in [0.2, 0.25) is 0 Å². The van der Waals surface area contributed by atoms with Crippen molar-refractivity contribution in [3.8, 4) is 0 Å². The number of hydrogen-bond donors (Lipinski definition) is 0. The Morgan fingerprint density at radius 2 is 1.82 bits per heavy atom. The van der Waals surface area contributed by atoms with Crippen molar-refractivity contribution in [3.63, 3.8) is 0 Å². The van der Waals surface area contributed by atoms with Crippen LogP contribution >= 0.6 is 23.5 Å². The van der Waals surface area contributed by atoms with E-state index in [2.05, 4.69) is 41.0 Å². The van der Waals surface area contributed by atoms with Gasteiger partial charge in [-0.2, -0.15) is 0 Å². The van der Waals surface area contributed by atoms with Gasteiger partial charge in [-0.1, -0.05) is 30.5 Å². The number of aromatic nitrogens is 1. The van der Waals surface area contributed by atoms with E-state index in [4.69, 9.17) is 11.6 Å². The minimum Gasteiger partial charge on any atom is -0.368 e. The zero-order valence-electron chi connectivity index (χ0n) is 16.5. The van der Waals surface area contributed by atoms with Crippen molar-refractivity contribution in [2.45, 2.75) is 26.3 Å². The molecule has 1 aromatic heterocycles. The number of amides is 1. The van der Waals surface area contributed by atoms with Gasteiger partial charge in [-0.15, -0.1) is 0 Å². The van der Waals surface area contributed by atoms with E-state index in [0.29, 0.717) is 10.6 Å². The number of carbonyl (C=O) groups excluding carboxylic acids is 1. The van der Waals surface area contributed by atoms with Crippen LogP contribution in [0.1, 0.15) is 36.7 Å². The predicted octanol–water partition coefficient (Wildman–Crippen LogP) is 4.42. The minimum atomic E-state index is -0.478. The summed E-state index contributed by atoms with van der Waals surface area (Å²) in [7, 11) is 0. The molecular weight excluding hydrogens is 392 g/mol. The molecule has 0 radical (unpaired) electrons. The molecule has 4 rings (SSSR count). The highest BCUT2D eigenvalue weighted by atomic mass is 35.5. The second-order valence-corrected chi connectivity index (χ2v) is 9.41. The van der Waals surface area contributed by atoms with E-state index >= 15 is 0 Å². The van der Waals surface area contributed by atoms with Crippen molar-refractivity contribution in [2.75, 3.05) is 41.7 Å². The number of anilines is 2. The van der Waals surface area contributed by atoms with E-state index in [0.717, 1.165) is 48.9 Å². The molecule has 1 saturated heterocycles. The standard InChI is InChI=1S/C21H25ClN4OS/c1-4-28-25-9-7-24(8-10-25)16-12-17(14-23-13-16)26-20(27)18-6-5-15(22)11-19(18)21(26,2)3/h5-6,11-14H,4,7-10H2,1-3H3. The zero-order chi connectivity index (χ0) is 19.9. The molecular formula is C21H25ClN4OS. The van der Waals surface area contributed by atoms with Crippen LogP contribution in [-0.4, -0.2) is 47.1 Å². The average Bonchev–Trinajstić information content (AvgIpc) is 2.88. The molecule has 1 fully saturated rings. The summed E-state index contributed by atoms with van der Waals surface area (Å²) in [6.45, 7) is 10.3. The second-order valence-electron chi connectivity index (χ2n) is 7.62. The quantitative estimate of drug-likeness (QED) is 0.690. The third-order valence-electron chi connectivity index (χ3n) is 5.52. The van der Waals surface area contributed by atoms with Crippen LogP contribution in [0, 0.1) is 0 Å². The highest BCUT2D eigenvalue weighted by Gasteiger charge is 2.44. The predicted molar refractivity (Wildman–Crippen MR) is 117 cm³/mol. The molecule has 148 valence electrons. The molecule has 0 atom stereocenters. The Labute approximate surface area is 175 Å². The van der Waals surface area contributed by atoms with Crippen molar-refractivity contribution in [1.82, 2.24) is 9.29 Å². The van der Waals surface area contributed by atoms with Gasteiger partial charge in [0.25, 0.3) is 5.91 Å². The highest BCUT2D eigenvalue weighted by molar-refractivity contribution is 7.96.